The highest BCUT2D eigenvalue weighted by Gasteiger charge is 2.04. The molecule has 0 aromatic carbocycles. The van der Waals surface area contributed by atoms with Gasteiger partial charge in [-0.2, -0.15) is 11.8 Å². The van der Waals surface area contributed by atoms with Gasteiger partial charge in [-0.15, -0.1) is 0 Å². The molecule has 0 saturated heterocycles. The van der Waals surface area contributed by atoms with Crippen molar-refractivity contribution in [3.63, 3.8) is 0 Å². The second kappa shape index (κ2) is 8.93. The monoisotopic (exact) mass is 202 g/mol. The molecule has 0 aromatic rings. The number of rotatable bonds is 8. The summed E-state index contributed by atoms with van der Waals surface area (Å²) in [6.45, 7) is 6.92. The molecule has 0 aliphatic carbocycles. The number of thioether (sulfide) groups is 1. The number of hydrogen-bond acceptors (Lipinski definition) is 1. The molecule has 1 unspecified atom stereocenters. The first-order valence-corrected chi connectivity index (χ1v) is 7.02. The fraction of sp³-hybridized carbons (Fsp3) is 1.00. The molecule has 0 radical (unpaired) electrons. The maximum Gasteiger partial charge on any atom is 0.00441 e. The van der Waals surface area contributed by atoms with Crippen molar-refractivity contribution in [2.24, 2.45) is 5.92 Å². The second-order valence-electron chi connectivity index (χ2n) is 4.32. The van der Waals surface area contributed by atoms with Crippen LogP contribution in [0.3, 0.4) is 0 Å². The van der Waals surface area contributed by atoms with E-state index in [4.69, 9.17) is 0 Å². The van der Waals surface area contributed by atoms with Crippen LogP contribution in [0.4, 0.5) is 0 Å². The Morgan fingerprint density at radius 2 is 1.62 bits per heavy atom. The maximum absolute atomic E-state index is 2.32. The van der Waals surface area contributed by atoms with Gasteiger partial charge in [0.2, 0.25) is 0 Å². The molecule has 0 amide bonds. The molecule has 0 saturated carbocycles. The third-order valence-corrected chi connectivity index (χ3v) is 3.64. The molecule has 0 spiro atoms. The minimum atomic E-state index is 0.888. The van der Waals surface area contributed by atoms with Gasteiger partial charge in [0.1, 0.15) is 0 Å². The standard InChI is InChI=1S/C12H26S/c1-5-8-12(13-4)10-7-6-9-11(2)3/h11-12H,5-10H2,1-4H3. The summed E-state index contributed by atoms with van der Waals surface area (Å²) in [6.07, 6.45) is 10.7. The minimum Gasteiger partial charge on any atom is -0.162 e. The fourth-order valence-electron chi connectivity index (χ4n) is 1.63. The van der Waals surface area contributed by atoms with Gasteiger partial charge in [0.05, 0.1) is 0 Å². The molecule has 0 aromatic heterocycles. The molecule has 13 heavy (non-hydrogen) atoms. The Balaban J connectivity index is 3.27. The van der Waals surface area contributed by atoms with Crippen molar-refractivity contribution < 1.29 is 0 Å². The van der Waals surface area contributed by atoms with Crippen LogP contribution in [0.2, 0.25) is 0 Å². The van der Waals surface area contributed by atoms with Gasteiger partial charge in [-0.1, -0.05) is 46.5 Å². The van der Waals surface area contributed by atoms with E-state index >= 15 is 0 Å². The summed E-state index contributed by atoms with van der Waals surface area (Å²) in [6, 6.07) is 0. The van der Waals surface area contributed by atoms with Gasteiger partial charge >= 0.3 is 0 Å². The van der Waals surface area contributed by atoms with Crippen LogP contribution in [-0.2, 0) is 0 Å². The average Bonchev–Trinajstić information content (AvgIpc) is 2.10. The topological polar surface area (TPSA) is 0 Å². The second-order valence-corrected chi connectivity index (χ2v) is 5.46. The molecule has 0 nitrogen and oxygen atoms in total. The van der Waals surface area contributed by atoms with Crippen LogP contribution in [0, 0.1) is 5.92 Å². The molecular formula is C12H26S. The van der Waals surface area contributed by atoms with Crippen LogP contribution in [0.1, 0.15) is 59.3 Å². The Bertz CT molecular complexity index is 99.3. The highest BCUT2D eigenvalue weighted by Crippen LogP contribution is 2.20. The molecule has 0 heterocycles. The van der Waals surface area contributed by atoms with Crippen molar-refractivity contribution in [2.45, 2.75) is 64.5 Å². The number of unbranched alkanes of at least 4 members (excludes halogenated alkanes) is 1. The van der Waals surface area contributed by atoms with Crippen LogP contribution in [0.25, 0.3) is 0 Å². The lowest BCUT2D eigenvalue weighted by molar-refractivity contribution is 0.518. The third kappa shape index (κ3) is 8.67. The molecule has 0 N–H and O–H groups in total. The van der Waals surface area contributed by atoms with Gasteiger partial charge < -0.3 is 0 Å². The zero-order valence-corrected chi connectivity index (χ0v) is 10.6. The first-order valence-electron chi connectivity index (χ1n) is 5.73. The number of hydrogen-bond donors (Lipinski definition) is 0. The summed E-state index contributed by atoms with van der Waals surface area (Å²) in [5, 5.41) is 0.928. The van der Waals surface area contributed by atoms with Gasteiger partial charge in [0.15, 0.2) is 0 Å². The largest absolute Gasteiger partial charge is 0.162 e. The molecule has 1 heteroatoms. The Labute approximate surface area is 88.9 Å². The van der Waals surface area contributed by atoms with Crippen molar-refractivity contribution in [3.05, 3.63) is 0 Å². The zero-order chi connectivity index (χ0) is 10.1. The predicted molar refractivity (Wildman–Crippen MR) is 65.5 cm³/mol. The van der Waals surface area contributed by atoms with Gasteiger partial charge in [-0.05, 0) is 25.0 Å². The van der Waals surface area contributed by atoms with Gasteiger partial charge in [-0.25, -0.2) is 0 Å². The van der Waals surface area contributed by atoms with E-state index in [0.717, 1.165) is 11.2 Å². The molecular weight excluding hydrogens is 176 g/mol. The Morgan fingerprint density at radius 3 is 2.08 bits per heavy atom. The summed E-state index contributed by atoms with van der Waals surface area (Å²) >= 11 is 2.05. The van der Waals surface area contributed by atoms with Crippen LogP contribution in [0.5, 0.6) is 0 Å². The van der Waals surface area contributed by atoms with Gasteiger partial charge in [0, 0.05) is 5.25 Å². The van der Waals surface area contributed by atoms with E-state index in [9.17, 15) is 0 Å². The first kappa shape index (κ1) is 13.4. The average molecular weight is 202 g/mol. The van der Waals surface area contributed by atoms with E-state index in [1.165, 1.54) is 38.5 Å². The molecule has 0 rings (SSSR count). The summed E-state index contributed by atoms with van der Waals surface area (Å²) in [4.78, 5) is 0. The Morgan fingerprint density at radius 1 is 1.00 bits per heavy atom. The van der Waals surface area contributed by atoms with Gasteiger partial charge in [0.25, 0.3) is 0 Å². The van der Waals surface area contributed by atoms with Crippen LogP contribution < -0.4 is 0 Å². The van der Waals surface area contributed by atoms with Crippen molar-refractivity contribution in [3.8, 4) is 0 Å². The van der Waals surface area contributed by atoms with Crippen molar-refractivity contribution in [1.29, 1.82) is 0 Å². The van der Waals surface area contributed by atoms with E-state index < -0.39 is 0 Å². The normalized spacial score (nSPS) is 13.6. The van der Waals surface area contributed by atoms with E-state index in [0.29, 0.717) is 0 Å². The van der Waals surface area contributed by atoms with E-state index in [1.807, 2.05) is 0 Å². The quantitative estimate of drug-likeness (QED) is 0.513. The Kier molecular flexibility index (Phi) is 9.17. The molecule has 0 aliphatic heterocycles. The van der Waals surface area contributed by atoms with Crippen LogP contribution in [-0.4, -0.2) is 11.5 Å². The van der Waals surface area contributed by atoms with E-state index in [1.54, 1.807) is 0 Å². The highest BCUT2D eigenvalue weighted by atomic mass is 32.2. The van der Waals surface area contributed by atoms with E-state index in [-0.39, 0.29) is 0 Å². The molecule has 1 atom stereocenters. The van der Waals surface area contributed by atoms with E-state index in [2.05, 4.69) is 38.8 Å². The summed E-state index contributed by atoms with van der Waals surface area (Å²) < 4.78 is 0. The minimum absolute atomic E-state index is 0.888. The summed E-state index contributed by atoms with van der Waals surface area (Å²) in [5.74, 6) is 0.888. The molecule has 0 aliphatic rings. The molecule has 0 fully saturated rings. The highest BCUT2D eigenvalue weighted by molar-refractivity contribution is 7.99. The lowest BCUT2D eigenvalue weighted by atomic mass is 10.0. The van der Waals surface area contributed by atoms with Gasteiger partial charge in [-0.3, -0.25) is 0 Å². The summed E-state index contributed by atoms with van der Waals surface area (Å²) in [7, 11) is 0. The lowest BCUT2D eigenvalue weighted by Gasteiger charge is -2.13. The molecule has 80 valence electrons. The van der Waals surface area contributed by atoms with Crippen LogP contribution >= 0.6 is 11.8 Å². The third-order valence-electron chi connectivity index (χ3n) is 2.50. The lowest BCUT2D eigenvalue weighted by Crippen LogP contribution is -2.01. The van der Waals surface area contributed by atoms with Crippen LogP contribution in [0.15, 0.2) is 0 Å². The summed E-state index contributed by atoms with van der Waals surface area (Å²) in [5.41, 5.74) is 0. The predicted octanol–water partition coefficient (Wildman–Crippen LogP) is 4.73. The van der Waals surface area contributed by atoms with Crippen molar-refractivity contribution in [2.75, 3.05) is 6.26 Å². The van der Waals surface area contributed by atoms with Crippen molar-refractivity contribution >= 4 is 11.8 Å². The Hall–Kier alpha value is 0.350. The SMILES string of the molecule is CCCC(CCCCC(C)C)SC. The first-order chi connectivity index (χ1) is 6.20. The smallest absolute Gasteiger partial charge is 0.00441 e. The molecule has 0 bridgehead atoms. The fourth-order valence-corrected chi connectivity index (χ4v) is 2.50. The maximum atomic E-state index is 2.32. The van der Waals surface area contributed by atoms with Crippen molar-refractivity contribution in [1.82, 2.24) is 0 Å². The zero-order valence-electron chi connectivity index (χ0n) is 9.81.